The molecule has 2 N–H and O–H groups in total. The van der Waals surface area contributed by atoms with Gasteiger partial charge in [-0.3, -0.25) is 9.59 Å². The lowest BCUT2D eigenvalue weighted by Crippen LogP contribution is -2.50. The molecule has 2 unspecified atom stereocenters. The molecule has 0 radical (unpaired) electrons. The third kappa shape index (κ3) is 5.23. The molecule has 0 aliphatic carbocycles. The molecule has 2 aromatic rings. The van der Waals surface area contributed by atoms with Gasteiger partial charge >= 0.3 is 0 Å². The summed E-state index contributed by atoms with van der Waals surface area (Å²) >= 11 is 0. The van der Waals surface area contributed by atoms with Gasteiger partial charge in [-0.2, -0.15) is 0 Å². The zero-order valence-corrected chi connectivity index (χ0v) is 14.2. The van der Waals surface area contributed by atoms with Gasteiger partial charge in [0.15, 0.2) is 0 Å². The van der Waals surface area contributed by atoms with Gasteiger partial charge in [0.25, 0.3) is 5.91 Å². The van der Waals surface area contributed by atoms with Gasteiger partial charge in [0.2, 0.25) is 5.91 Å². The maximum atomic E-state index is 12.6. The van der Waals surface area contributed by atoms with Gasteiger partial charge in [-0.15, -0.1) is 0 Å². The highest BCUT2D eigenvalue weighted by molar-refractivity contribution is 5.97. The molecule has 4 nitrogen and oxygen atoms in total. The fourth-order valence-corrected chi connectivity index (χ4v) is 2.34. The molecule has 0 heterocycles. The molecular weight excluding hydrogens is 300 g/mol. The van der Waals surface area contributed by atoms with Gasteiger partial charge < -0.3 is 10.6 Å². The zero-order valence-electron chi connectivity index (χ0n) is 14.2. The molecule has 24 heavy (non-hydrogen) atoms. The van der Waals surface area contributed by atoms with Crippen molar-refractivity contribution in [3.63, 3.8) is 0 Å². The normalized spacial score (nSPS) is 12.9. The minimum Gasteiger partial charge on any atom is -0.352 e. The Labute approximate surface area is 143 Å². The van der Waals surface area contributed by atoms with Crippen molar-refractivity contribution in [2.75, 3.05) is 0 Å². The summed E-state index contributed by atoms with van der Waals surface area (Å²) in [6.07, 6.45) is 1.30. The standard InChI is InChI=1S/C20H24N2O2/c1-3-15(2)21-20(24)18(14-16-10-6-4-7-11-16)22-19(23)17-12-8-5-9-13-17/h4-13,15,18H,3,14H2,1-2H3,(H,21,24)(H,22,23). The van der Waals surface area contributed by atoms with Crippen LogP contribution in [0.25, 0.3) is 0 Å². The first-order chi connectivity index (χ1) is 11.6. The lowest BCUT2D eigenvalue weighted by molar-refractivity contribution is -0.123. The second-order valence-electron chi connectivity index (χ2n) is 5.90. The minimum absolute atomic E-state index is 0.0735. The molecule has 4 heteroatoms. The summed E-state index contributed by atoms with van der Waals surface area (Å²) in [5.74, 6) is -0.395. The average molecular weight is 324 g/mol. The van der Waals surface area contributed by atoms with Gasteiger partial charge in [0.05, 0.1) is 0 Å². The third-order valence-electron chi connectivity index (χ3n) is 3.94. The summed E-state index contributed by atoms with van der Waals surface area (Å²) in [6, 6.07) is 18.1. The van der Waals surface area contributed by atoms with Gasteiger partial charge in [-0.25, -0.2) is 0 Å². The van der Waals surface area contributed by atoms with Crippen LogP contribution in [0.4, 0.5) is 0 Å². The maximum Gasteiger partial charge on any atom is 0.251 e. The first kappa shape index (κ1) is 17.7. The molecule has 2 atom stereocenters. The number of carbonyl (C=O) groups is 2. The molecule has 126 valence electrons. The van der Waals surface area contributed by atoms with E-state index in [9.17, 15) is 9.59 Å². The average Bonchev–Trinajstić information content (AvgIpc) is 2.62. The van der Waals surface area contributed by atoms with E-state index in [1.807, 2.05) is 50.2 Å². The molecule has 2 aromatic carbocycles. The maximum absolute atomic E-state index is 12.6. The highest BCUT2D eigenvalue weighted by Gasteiger charge is 2.22. The first-order valence-electron chi connectivity index (χ1n) is 8.30. The largest absolute Gasteiger partial charge is 0.352 e. The Bertz CT molecular complexity index is 656. The van der Waals surface area contributed by atoms with E-state index < -0.39 is 6.04 Å². The summed E-state index contributed by atoms with van der Waals surface area (Å²) in [6.45, 7) is 3.97. The van der Waals surface area contributed by atoms with Crippen molar-refractivity contribution in [2.45, 2.75) is 38.8 Å². The van der Waals surface area contributed by atoms with E-state index in [4.69, 9.17) is 0 Å². The van der Waals surface area contributed by atoms with Gasteiger partial charge in [0, 0.05) is 18.0 Å². The van der Waals surface area contributed by atoms with Gasteiger partial charge in [-0.1, -0.05) is 55.5 Å². The van der Waals surface area contributed by atoms with Crippen LogP contribution in [0.1, 0.15) is 36.2 Å². The Morgan fingerprint density at radius 2 is 1.50 bits per heavy atom. The third-order valence-corrected chi connectivity index (χ3v) is 3.94. The predicted octanol–water partition coefficient (Wildman–Crippen LogP) is 2.94. The quantitative estimate of drug-likeness (QED) is 0.823. The van der Waals surface area contributed by atoms with E-state index in [0.29, 0.717) is 12.0 Å². The van der Waals surface area contributed by atoms with Crippen LogP contribution >= 0.6 is 0 Å². The van der Waals surface area contributed by atoms with E-state index in [2.05, 4.69) is 10.6 Å². The molecule has 0 spiro atoms. The highest BCUT2D eigenvalue weighted by atomic mass is 16.2. The molecule has 0 saturated carbocycles. The summed E-state index contributed by atoms with van der Waals surface area (Å²) in [5, 5.41) is 5.81. The van der Waals surface area contributed by atoms with Crippen molar-refractivity contribution in [1.29, 1.82) is 0 Å². The van der Waals surface area contributed by atoms with Crippen LogP contribution in [0.15, 0.2) is 60.7 Å². The fraction of sp³-hybridized carbons (Fsp3) is 0.300. The van der Waals surface area contributed by atoms with Crippen LogP contribution in [-0.4, -0.2) is 23.9 Å². The van der Waals surface area contributed by atoms with Crippen LogP contribution in [0.5, 0.6) is 0 Å². The van der Waals surface area contributed by atoms with Gasteiger partial charge in [-0.05, 0) is 31.0 Å². The van der Waals surface area contributed by atoms with E-state index >= 15 is 0 Å². The molecule has 0 aromatic heterocycles. The highest BCUT2D eigenvalue weighted by Crippen LogP contribution is 2.06. The van der Waals surface area contributed by atoms with Crippen LogP contribution < -0.4 is 10.6 Å². The van der Waals surface area contributed by atoms with Crippen LogP contribution in [0.2, 0.25) is 0 Å². The molecule has 0 aliphatic heterocycles. The zero-order chi connectivity index (χ0) is 17.4. The Balaban J connectivity index is 2.12. The number of hydrogen-bond acceptors (Lipinski definition) is 2. The minimum atomic E-state index is -0.603. The van der Waals surface area contributed by atoms with Crippen molar-refractivity contribution in [3.05, 3.63) is 71.8 Å². The van der Waals surface area contributed by atoms with Crippen molar-refractivity contribution in [2.24, 2.45) is 0 Å². The molecule has 0 bridgehead atoms. The molecule has 2 amide bonds. The Hall–Kier alpha value is -2.62. The summed E-state index contributed by atoms with van der Waals surface area (Å²) in [5.41, 5.74) is 1.56. The van der Waals surface area contributed by atoms with Gasteiger partial charge in [0.1, 0.15) is 6.04 Å². The van der Waals surface area contributed by atoms with E-state index in [1.165, 1.54) is 0 Å². The molecule has 0 saturated heterocycles. The van der Waals surface area contributed by atoms with Crippen molar-refractivity contribution < 1.29 is 9.59 Å². The van der Waals surface area contributed by atoms with Crippen LogP contribution in [0, 0.1) is 0 Å². The van der Waals surface area contributed by atoms with Crippen LogP contribution in [-0.2, 0) is 11.2 Å². The number of benzene rings is 2. The van der Waals surface area contributed by atoms with E-state index in [1.54, 1.807) is 24.3 Å². The number of carbonyl (C=O) groups excluding carboxylic acids is 2. The monoisotopic (exact) mass is 324 g/mol. The van der Waals surface area contributed by atoms with Crippen molar-refractivity contribution >= 4 is 11.8 Å². The lowest BCUT2D eigenvalue weighted by Gasteiger charge is -2.21. The Kier molecular flexibility index (Phi) is 6.55. The smallest absolute Gasteiger partial charge is 0.251 e. The topological polar surface area (TPSA) is 58.2 Å². The Morgan fingerprint density at radius 1 is 0.917 bits per heavy atom. The summed E-state index contributed by atoms with van der Waals surface area (Å²) < 4.78 is 0. The molecule has 0 fully saturated rings. The molecule has 2 rings (SSSR count). The number of hydrogen-bond donors (Lipinski definition) is 2. The SMILES string of the molecule is CCC(C)NC(=O)C(Cc1ccccc1)NC(=O)c1ccccc1. The number of rotatable bonds is 7. The predicted molar refractivity (Wildman–Crippen MR) is 95.7 cm³/mol. The second kappa shape index (κ2) is 8.87. The second-order valence-corrected chi connectivity index (χ2v) is 5.90. The Morgan fingerprint density at radius 3 is 2.08 bits per heavy atom. The van der Waals surface area contributed by atoms with Crippen molar-refractivity contribution in [1.82, 2.24) is 10.6 Å². The van der Waals surface area contributed by atoms with Crippen LogP contribution in [0.3, 0.4) is 0 Å². The van der Waals surface area contributed by atoms with E-state index in [0.717, 1.165) is 12.0 Å². The number of amides is 2. The van der Waals surface area contributed by atoms with Crippen molar-refractivity contribution in [3.8, 4) is 0 Å². The lowest BCUT2D eigenvalue weighted by atomic mass is 10.0. The first-order valence-corrected chi connectivity index (χ1v) is 8.30. The molecular formula is C20H24N2O2. The summed E-state index contributed by atoms with van der Waals surface area (Å²) in [4.78, 5) is 25.0. The molecule has 0 aliphatic rings. The fourth-order valence-electron chi connectivity index (χ4n) is 2.34. The van der Waals surface area contributed by atoms with E-state index in [-0.39, 0.29) is 17.9 Å². The number of nitrogens with one attached hydrogen (secondary N) is 2. The summed E-state index contributed by atoms with van der Waals surface area (Å²) in [7, 11) is 0.